The molecule has 132 valence electrons. The first kappa shape index (κ1) is 17.4. The number of benzene rings is 2. The van der Waals surface area contributed by atoms with E-state index in [1.165, 1.54) is 12.4 Å². The molecule has 2 aromatic carbocycles. The maximum absolute atomic E-state index is 12.4. The Morgan fingerprint density at radius 1 is 1.00 bits per heavy atom. The van der Waals surface area contributed by atoms with Crippen molar-refractivity contribution in [3.8, 4) is 5.75 Å². The molecule has 0 fully saturated rings. The van der Waals surface area contributed by atoms with Gasteiger partial charge in [0.05, 0.1) is 25.2 Å². The van der Waals surface area contributed by atoms with Crippen molar-refractivity contribution in [3.05, 3.63) is 71.7 Å². The van der Waals surface area contributed by atoms with Crippen LogP contribution in [-0.4, -0.2) is 23.0 Å². The number of methoxy groups -OCH3 is 1. The van der Waals surface area contributed by atoms with Gasteiger partial charge in [-0.15, -0.1) is 0 Å². The minimum atomic E-state index is -0.347. The second kappa shape index (κ2) is 7.65. The van der Waals surface area contributed by atoms with Crippen molar-refractivity contribution in [3.63, 3.8) is 0 Å². The normalized spacial score (nSPS) is 10.3. The van der Waals surface area contributed by atoms with Crippen molar-refractivity contribution in [1.82, 2.24) is 9.97 Å². The summed E-state index contributed by atoms with van der Waals surface area (Å²) in [4.78, 5) is 20.8. The first-order valence-electron chi connectivity index (χ1n) is 8.17. The molecule has 0 aliphatic rings. The highest BCUT2D eigenvalue weighted by molar-refractivity contribution is 6.03. The molecule has 0 unspecified atom stereocenters. The highest BCUT2D eigenvalue weighted by atomic mass is 16.5. The van der Waals surface area contributed by atoms with Gasteiger partial charge in [0.25, 0.3) is 5.91 Å². The molecule has 26 heavy (non-hydrogen) atoms. The van der Waals surface area contributed by atoms with Gasteiger partial charge in [0.1, 0.15) is 17.3 Å². The summed E-state index contributed by atoms with van der Waals surface area (Å²) < 4.78 is 5.23. The number of aromatic nitrogens is 2. The Labute approximate surface area is 152 Å². The van der Waals surface area contributed by atoms with Crippen LogP contribution in [-0.2, 0) is 0 Å². The molecule has 0 radical (unpaired) electrons. The van der Waals surface area contributed by atoms with E-state index in [0.717, 1.165) is 16.8 Å². The van der Waals surface area contributed by atoms with E-state index >= 15 is 0 Å². The molecule has 0 spiro atoms. The van der Waals surface area contributed by atoms with Gasteiger partial charge < -0.3 is 15.4 Å². The van der Waals surface area contributed by atoms with Crippen molar-refractivity contribution in [1.29, 1.82) is 0 Å². The van der Waals surface area contributed by atoms with Crippen LogP contribution in [0.15, 0.2) is 54.9 Å². The lowest BCUT2D eigenvalue weighted by Gasteiger charge is -2.10. The predicted molar refractivity (Wildman–Crippen MR) is 102 cm³/mol. The molecule has 1 aromatic heterocycles. The Morgan fingerprint density at radius 3 is 2.38 bits per heavy atom. The van der Waals surface area contributed by atoms with Gasteiger partial charge in [-0.05, 0) is 49.2 Å². The van der Waals surface area contributed by atoms with Crippen molar-refractivity contribution >= 4 is 23.1 Å². The maximum atomic E-state index is 12.4. The van der Waals surface area contributed by atoms with Crippen molar-refractivity contribution in [2.75, 3.05) is 17.7 Å². The number of ether oxygens (including phenoxy) is 1. The van der Waals surface area contributed by atoms with Gasteiger partial charge in [-0.1, -0.05) is 18.2 Å². The Morgan fingerprint density at radius 2 is 1.73 bits per heavy atom. The molecule has 0 aliphatic carbocycles. The number of carbonyl (C=O) groups excluding carboxylic acids is 1. The summed E-state index contributed by atoms with van der Waals surface area (Å²) >= 11 is 0. The van der Waals surface area contributed by atoms with Crippen LogP contribution >= 0.6 is 0 Å². The van der Waals surface area contributed by atoms with E-state index in [-0.39, 0.29) is 11.6 Å². The van der Waals surface area contributed by atoms with E-state index in [2.05, 4.69) is 26.7 Å². The van der Waals surface area contributed by atoms with Crippen molar-refractivity contribution in [2.45, 2.75) is 13.8 Å². The highest BCUT2D eigenvalue weighted by Gasteiger charge is 2.11. The minimum absolute atomic E-state index is 0.224. The molecular formula is C20H20N4O2. The average molecular weight is 348 g/mol. The topological polar surface area (TPSA) is 76.1 Å². The zero-order valence-electron chi connectivity index (χ0n) is 14.9. The number of anilines is 3. The quantitative estimate of drug-likeness (QED) is 0.726. The summed E-state index contributed by atoms with van der Waals surface area (Å²) in [6.07, 6.45) is 2.98. The van der Waals surface area contributed by atoms with Crippen LogP contribution < -0.4 is 15.4 Å². The zero-order chi connectivity index (χ0) is 18.5. The molecule has 3 rings (SSSR count). The molecule has 1 heterocycles. The van der Waals surface area contributed by atoms with Gasteiger partial charge in [0.2, 0.25) is 0 Å². The summed E-state index contributed by atoms with van der Waals surface area (Å²) in [5.41, 5.74) is 4.06. The summed E-state index contributed by atoms with van der Waals surface area (Å²) in [6.45, 7) is 4.07. The van der Waals surface area contributed by atoms with Crippen LogP contribution in [0.1, 0.15) is 21.6 Å². The van der Waals surface area contributed by atoms with E-state index in [0.29, 0.717) is 17.3 Å². The predicted octanol–water partition coefficient (Wildman–Crippen LogP) is 4.10. The van der Waals surface area contributed by atoms with E-state index in [1.807, 2.05) is 38.1 Å². The molecule has 6 nitrogen and oxygen atoms in total. The van der Waals surface area contributed by atoms with Gasteiger partial charge in [0, 0.05) is 5.69 Å². The molecular weight excluding hydrogens is 328 g/mol. The summed E-state index contributed by atoms with van der Waals surface area (Å²) in [5, 5.41) is 5.97. The number of hydrogen-bond donors (Lipinski definition) is 2. The van der Waals surface area contributed by atoms with Crippen LogP contribution in [0.5, 0.6) is 5.75 Å². The number of aryl methyl sites for hydroxylation is 2. The third kappa shape index (κ3) is 4.16. The monoisotopic (exact) mass is 348 g/mol. The Bertz CT molecular complexity index is 903. The van der Waals surface area contributed by atoms with Crippen LogP contribution in [0.3, 0.4) is 0 Å². The van der Waals surface area contributed by atoms with Crippen molar-refractivity contribution < 1.29 is 9.53 Å². The molecule has 6 heteroatoms. The SMILES string of the molecule is COc1ccccc1NC(=O)c1cnc(Nc2cc(C)cc(C)c2)cn1. The third-order valence-electron chi connectivity index (χ3n) is 3.73. The number of hydrogen-bond acceptors (Lipinski definition) is 5. The fourth-order valence-electron chi connectivity index (χ4n) is 2.64. The molecule has 0 aliphatic heterocycles. The lowest BCUT2D eigenvalue weighted by molar-refractivity contribution is 0.102. The molecule has 0 saturated carbocycles. The molecule has 1 amide bonds. The smallest absolute Gasteiger partial charge is 0.275 e. The van der Waals surface area contributed by atoms with Crippen LogP contribution in [0, 0.1) is 13.8 Å². The minimum Gasteiger partial charge on any atom is -0.495 e. The average Bonchev–Trinajstić information content (AvgIpc) is 2.62. The van der Waals surface area contributed by atoms with Gasteiger partial charge in [-0.25, -0.2) is 9.97 Å². The number of rotatable bonds is 5. The lowest BCUT2D eigenvalue weighted by Crippen LogP contribution is -2.14. The molecule has 0 saturated heterocycles. The molecule has 3 aromatic rings. The fourth-order valence-corrected chi connectivity index (χ4v) is 2.64. The van der Waals surface area contributed by atoms with Crippen LogP contribution in [0.4, 0.5) is 17.2 Å². The van der Waals surface area contributed by atoms with E-state index < -0.39 is 0 Å². The van der Waals surface area contributed by atoms with E-state index in [9.17, 15) is 4.79 Å². The maximum Gasteiger partial charge on any atom is 0.275 e. The third-order valence-corrected chi connectivity index (χ3v) is 3.73. The van der Waals surface area contributed by atoms with E-state index in [4.69, 9.17) is 4.74 Å². The summed E-state index contributed by atoms with van der Waals surface area (Å²) in [7, 11) is 1.55. The summed E-state index contributed by atoms with van der Waals surface area (Å²) in [6, 6.07) is 13.3. The fraction of sp³-hybridized carbons (Fsp3) is 0.150. The lowest BCUT2D eigenvalue weighted by atomic mass is 10.1. The highest BCUT2D eigenvalue weighted by Crippen LogP contribution is 2.23. The standard InChI is InChI=1S/C20H20N4O2/c1-13-8-14(2)10-15(9-13)23-19-12-21-17(11-22-19)20(25)24-16-6-4-5-7-18(16)26-3/h4-12H,1-3H3,(H,22,23)(H,24,25). The molecule has 0 atom stereocenters. The number of nitrogens with one attached hydrogen (secondary N) is 2. The Balaban J connectivity index is 1.71. The second-order valence-electron chi connectivity index (χ2n) is 5.94. The number of carbonyl (C=O) groups is 1. The van der Waals surface area contributed by atoms with Crippen molar-refractivity contribution in [2.24, 2.45) is 0 Å². The van der Waals surface area contributed by atoms with Crippen LogP contribution in [0.25, 0.3) is 0 Å². The second-order valence-corrected chi connectivity index (χ2v) is 5.94. The van der Waals surface area contributed by atoms with Gasteiger partial charge in [0.15, 0.2) is 0 Å². The largest absolute Gasteiger partial charge is 0.495 e. The number of nitrogens with zero attached hydrogens (tertiary/aromatic N) is 2. The van der Waals surface area contributed by atoms with Crippen LogP contribution in [0.2, 0.25) is 0 Å². The zero-order valence-corrected chi connectivity index (χ0v) is 14.9. The van der Waals surface area contributed by atoms with Gasteiger partial charge in [-0.3, -0.25) is 4.79 Å². The van der Waals surface area contributed by atoms with Gasteiger partial charge >= 0.3 is 0 Å². The molecule has 2 N–H and O–H groups in total. The molecule has 0 bridgehead atoms. The first-order valence-corrected chi connectivity index (χ1v) is 8.17. The Hall–Kier alpha value is -3.41. The summed E-state index contributed by atoms with van der Waals surface area (Å²) in [5.74, 6) is 0.811. The van der Waals surface area contributed by atoms with E-state index in [1.54, 1.807) is 19.2 Å². The first-order chi connectivity index (χ1) is 12.5. The Kier molecular flexibility index (Phi) is 5.12. The van der Waals surface area contributed by atoms with Gasteiger partial charge in [-0.2, -0.15) is 0 Å². The number of para-hydroxylation sites is 2. The number of amides is 1.